The number of methoxy groups -OCH3 is 1. The number of hydrogen-bond acceptors (Lipinski definition) is 5. The first-order chi connectivity index (χ1) is 10.4. The van der Waals surface area contributed by atoms with E-state index in [0.717, 1.165) is 25.0 Å². The molecule has 1 aliphatic heterocycles. The van der Waals surface area contributed by atoms with Crippen molar-refractivity contribution in [1.29, 1.82) is 0 Å². The summed E-state index contributed by atoms with van der Waals surface area (Å²) in [5, 5.41) is 0. The molecule has 0 atom stereocenters. The Bertz CT molecular complexity index is 688. The fourth-order valence-electron chi connectivity index (χ4n) is 3.10. The zero-order valence-electron chi connectivity index (χ0n) is 12.8. The van der Waals surface area contributed by atoms with E-state index in [1.165, 1.54) is 32.3 Å². The Hall–Kier alpha value is -1.12. The molecule has 0 spiro atoms. The molecule has 0 N–H and O–H groups in total. The third-order valence-corrected chi connectivity index (χ3v) is 6.83. The van der Waals surface area contributed by atoms with Gasteiger partial charge in [0.25, 0.3) is 5.91 Å². The van der Waals surface area contributed by atoms with Gasteiger partial charge in [-0.25, -0.2) is 8.42 Å². The highest BCUT2D eigenvalue weighted by molar-refractivity contribution is 7.88. The standard InChI is InChI=1S/C14H20N2O4S2/c1-20-12-10-4-3-5-11(10)21-13(12)14(17)15-6-8-16(9-7-15)22(2,18)19/h3-9H2,1-2H3. The van der Waals surface area contributed by atoms with E-state index in [1.54, 1.807) is 12.0 Å². The summed E-state index contributed by atoms with van der Waals surface area (Å²) in [4.78, 5) is 16.4. The van der Waals surface area contributed by atoms with Crippen LogP contribution in [-0.2, 0) is 22.9 Å². The lowest BCUT2D eigenvalue weighted by atomic mass is 10.2. The first-order valence-corrected chi connectivity index (χ1v) is 10.0. The molecule has 1 saturated heterocycles. The average molecular weight is 344 g/mol. The molecular formula is C14H20N2O4S2. The average Bonchev–Trinajstić information content (AvgIpc) is 3.05. The Morgan fingerprint density at radius 2 is 1.86 bits per heavy atom. The molecule has 2 aliphatic rings. The molecule has 6 nitrogen and oxygen atoms in total. The molecule has 22 heavy (non-hydrogen) atoms. The minimum absolute atomic E-state index is 0.0376. The van der Waals surface area contributed by atoms with Gasteiger partial charge in [-0.15, -0.1) is 11.3 Å². The van der Waals surface area contributed by atoms with Crippen LogP contribution in [0.1, 0.15) is 26.5 Å². The predicted octanol–water partition coefficient (Wildman–Crippen LogP) is 0.963. The van der Waals surface area contributed by atoms with E-state index < -0.39 is 10.0 Å². The quantitative estimate of drug-likeness (QED) is 0.819. The molecule has 8 heteroatoms. The highest BCUT2D eigenvalue weighted by Crippen LogP contribution is 2.41. The Balaban J connectivity index is 1.76. The molecule has 1 aromatic heterocycles. The summed E-state index contributed by atoms with van der Waals surface area (Å²) in [7, 11) is -1.57. The molecule has 0 aromatic carbocycles. The molecular weight excluding hydrogens is 324 g/mol. The van der Waals surface area contributed by atoms with Crippen LogP contribution in [0, 0.1) is 0 Å². The summed E-state index contributed by atoms with van der Waals surface area (Å²) in [6.45, 7) is 1.57. The van der Waals surface area contributed by atoms with Crippen LogP contribution < -0.4 is 4.74 Å². The maximum Gasteiger partial charge on any atom is 0.267 e. The minimum atomic E-state index is -3.18. The number of nitrogens with zero attached hydrogens (tertiary/aromatic N) is 2. The van der Waals surface area contributed by atoms with Gasteiger partial charge in [-0.1, -0.05) is 0 Å². The number of rotatable bonds is 3. The summed E-state index contributed by atoms with van der Waals surface area (Å²) in [5.41, 5.74) is 1.19. The zero-order chi connectivity index (χ0) is 15.9. The number of fused-ring (bicyclic) bond motifs is 1. The number of piperazine rings is 1. The number of carbonyl (C=O) groups is 1. The van der Waals surface area contributed by atoms with Crippen molar-refractivity contribution >= 4 is 27.3 Å². The van der Waals surface area contributed by atoms with Crippen LogP contribution in [0.5, 0.6) is 5.75 Å². The second-order valence-electron chi connectivity index (χ2n) is 5.67. The van der Waals surface area contributed by atoms with Crippen molar-refractivity contribution in [2.75, 3.05) is 39.5 Å². The van der Waals surface area contributed by atoms with Crippen molar-refractivity contribution in [3.8, 4) is 5.75 Å². The van der Waals surface area contributed by atoms with E-state index in [2.05, 4.69) is 0 Å². The molecule has 3 rings (SSSR count). The van der Waals surface area contributed by atoms with Gasteiger partial charge in [0.1, 0.15) is 10.6 Å². The topological polar surface area (TPSA) is 66.9 Å². The lowest BCUT2D eigenvalue weighted by Crippen LogP contribution is -2.50. The van der Waals surface area contributed by atoms with E-state index >= 15 is 0 Å². The number of amides is 1. The molecule has 1 amide bonds. The number of thiophene rings is 1. The molecule has 1 aliphatic carbocycles. The lowest BCUT2D eigenvalue weighted by Gasteiger charge is -2.33. The molecule has 0 saturated carbocycles. The fourth-order valence-corrected chi connectivity index (χ4v) is 5.25. The van der Waals surface area contributed by atoms with Crippen LogP contribution in [0.4, 0.5) is 0 Å². The smallest absolute Gasteiger partial charge is 0.267 e. The molecule has 1 fully saturated rings. The second-order valence-corrected chi connectivity index (χ2v) is 8.76. The third kappa shape index (κ3) is 2.75. The van der Waals surface area contributed by atoms with E-state index in [0.29, 0.717) is 31.1 Å². The maximum absolute atomic E-state index is 12.7. The van der Waals surface area contributed by atoms with Crippen LogP contribution >= 0.6 is 11.3 Å². The van der Waals surface area contributed by atoms with Crippen LogP contribution in [-0.4, -0.2) is 63.1 Å². The zero-order valence-corrected chi connectivity index (χ0v) is 14.4. The summed E-state index contributed by atoms with van der Waals surface area (Å²) < 4.78 is 30.0. The minimum Gasteiger partial charge on any atom is -0.495 e. The number of ether oxygens (including phenoxy) is 1. The van der Waals surface area contributed by atoms with Crippen LogP contribution in [0.3, 0.4) is 0 Å². The number of sulfonamides is 1. The van der Waals surface area contributed by atoms with Gasteiger partial charge in [-0.3, -0.25) is 4.79 Å². The Morgan fingerprint density at radius 1 is 1.18 bits per heavy atom. The molecule has 122 valence electrons. The Morgan fingerprint density at radius 3 is 2.45 bits per heavy atom. The van der Waals surface area contributed by atoms with Gasteiger partial charge < -0.3 is 9.64 Å². The Kier molecular flexibility index (Phi) is 4.17. The van der Waals surface area contributed by atoms with Crippen LogP contribution in [0.2, 0.25) is 0 Å². The van der Waals surface area contributed by atoms with E-state index in [1.807, 2.05) is 0 Å². The van der Waals surface area contributed by atoms with Crippen molar-refractivity contribution < 1.29 is 17.9 Å². The summed E-state index contributed by atoms with van der Waals surface area (Å²) in [5.74, 6) is 0.692. The lowest BCUT2D eigenvalue weighted by molar-refractivity contribution is 0.0700. The van der Waals surface area contributed by atoms with E-state index in [-0.39, 0.29) is 5.91 Å². The summed E-state index contributed by atoms with van der Waals surface area (Å²) in [6, 6.07) is 0. The largest absolute Gasteiger partial charge is 0.495 e. The van der Waals surface area contributed by atoms with Gasteiger partial charge in [0, 0.05) is 36.6 Å². The van der Waals surface area contributed by atoms with Crippen molar-refractivity contribution in [1.82, 2.24) is 9.21 Å². The number of carbonyl (C=O) groups excluding carboxylic acids is 1. The third-order valence-electron chi connectivity index (χ3n) is 4.27. The molecule has 2 heterocycles. The Labute approximate surface area is 134 Å². The number of hydrogen-bond donors (Lipinski definition) is 0. The van der Waals surface area contributed by atoms with Gasteiger partial charge in [-0.2, -0.15) is 4.31 Å². The normalized spacial score (nSPS) is 19.3. The number of aryl methyl sites for hydroxylation is 1. The molecule has 0 bridgehead atoms. The SMILES string of the molecule is COc1c(C(=O)N2CCN(S(C)(=O)=O)CC2)sc2c1CCC2. The van der Waals surface area contributed by atoms with Crippen molar-refractivity contribution in [2.45, 2.75) is 19.3 Å². The molecule has 0 unspecified atom stereocenters. The van der Waals surface area contributed by atoms with Crippen LogP contribution in [0.25, 0.3) is 0 Å². The fraction of sp³-hybridized carbons (Fsp3) is 0.643. The second kappa shape index (κ2) is 5.82. The van der Waals surface area contributed by atoms with Gasteiger partial charge in [0.2, 0.25) is 10.0 Å². The first kappa shape index (κ1) is 15.8. The summed E-state index contributed by atoms with van der Waals surface area (Å²) >= 11 is 1.53. The van der Waals surface area contributed by atoms with Crippen molar-refractivity contribution in [3.05, 3.63) is 15.3 Å². The van der Waals surface area contributed by atoms with Gasteiger partial charge >= 0.3 is 0 Å². The van der Waals surface area contributed by atoms with Gasteiger partial charge in [0.15, 0.2) is 0 Å². The highest BCUT2D eigenvalue weighted by Gasteiger charge is 2.32. The predicted molar refractivity (Wildman–Crippen MR) is 85.2 cm³/mol. The first-order valence-electron chi connectivity index (χ1n) is 7.34. The van der Waals surface area contributed by atoms with E-state index in [9.17, 15) is 13.2 Å². The van der Waals surface area contributed by atoms with Crippen molar-refractivity contribution in [2.24, 2.45) is 0 Å². The maximum atomic E-state index is 12.7. The van der Waals surface area contributed by atoms with E-state index in [4.69, 9.17) is 4.74 Å². The summed E-state index contributed by atoms with van der Waals surface area (Å²) in [6.07, 6.45) is 4.33. The van der Waals surface area contributed by atoms with Gasteiger partial charge in [-0.05, 0) is 19.3 Å². The van der Waals surface area contributed by atoms with Crippen LogP contribution in [0.15, 0.2) is 0 Å². The van der Waals surface area contributed by atoms with Crippen molar-refractivity contribution in [3.63, 3.8) is 0 Å². The van der Waals surface area contributed by atoms with Gasteiger partial charge in [0.05, 0.1) is 13.4 Å². The highest BCUT2D eigenvalue weighted by atomic mass is 32.2. The molecule has 1 aromatic rings. The monoisotopic (exact) mass is 344 g/mol. The molecule has 0 radical (unpaired) electrons.